The first kappa shape index (κ1) is 28.6. The third kappa shape index (κ3) is 5.39. The lowest BCUT2D eigenvalue weighted by atomic mass is 9.91. The van der Waals surface area contributed by atoms with Crippen LogP contribution in [-0.4, -0.2) is 37.9 Å². The SMILES string of the molecule is Cc1nc2cc(-c3cccc(-c4ccccc4)c3)nn2c(-c2cc(F)c3c(c2C)CCCO3)c1[C@H](OC(C)(C)C)C(=O)O. The van der Waals surface area contributed by atoms with E-state index >= 15 is 4.39 Å². The minimum atomic E-state index is -1.37. The summed E-state index contributed by atoms with van der Waals surface area (Å²) < 4.78 is 29.1. The van der Waals surface area contributed by atoms with E-state index in [-0.39, 0.29) is 5.75 Å². The number of carboxylic acids is 1. The van der Waals surface area contributed by atoms with Gasteiger partial charge in [-0.25, -0.2) is 18.7 Å². The summed E-state index contributed by atoms with van der Waals surface area (Å²) in [5.41, 5.74) is 6.76. The zero-order valence-electron chi connectivity index (χ0n) is 24.9. The summed E-state index contributed by atoms with van der Waals surface area (Å²) in [5.74, 6) is -1.39. The molecular weight excluding hydrogens is 545 g/mol. The van der Waals surface area contributed by atoms with E-state index in [1.807, 2.05) is 49.4 Å². The van der Waals surface area contributed by atoms with Crippen LogP contribution in [0.4, 0.5) is 4.39 Å². The van der Waals surface area contributed by atoms with Gasteiger partial charge in [-0.15, -0.1) is 0 Å². The Hall–Kier alpha value is -4.56. The second kappa shape index (κ2) is 10.9. The Morgan fingerprint density at radius 1 is 1.02 bits per heavy atom. The van der Waals surface area contributed by atoms with Crippen LogP contribution in [0.1, 0.15) is 55.7 Å². The first-order valence-electron chi connectivity index (χ1n) is 14.4. The average molecular weight is 580 g/mol. The average Bonchev–Trinajstić information content (AvgIpc) is 3.41. The van der Waals surface area contributed by atoms with Gasteiger partial charge in [0, 0.05) is 34.0 Å². The molecule has 3 aromatic carbocycles. The van der Waals surface area contributed by atoms with Crippen LogP contribution in [0.2, 0.25) is 0 Å². The summed E-state index contributed by atoms with van der Waals surface area (Å²) in [6.07, 6.45) is 0.0604. The first-order valence-corrected chi connectivity index (χ1v) is 14.4. The Balaban J connectivity index is 1.63. The number of rotatable bonds is 6. The maximum atomic E-state index is 15.6. The van der Waals surface area contributed by atoms with Crippen molar-refractivity contribution in [3.63, 3.8) is 0 Å². The van der Waals surface area contributed by atoms with Gasteiger partial charge in [-0.1, -0.05) is 48.5 Å². The second-order valence-corrected chi connectivity index (χ2v) is 11.9. The normalized spacial score (nSPS) is 13.9. The number of benzene rings is 3. The number of ether oxygens (including phenoxy) is 2. The highest BCUT2D eigenvalue weighted by atomic mass is 19.1. The first-order chi connectivity index (χ1) is 20.5. The van der Waals surface area contributed by atoms with E-state index in [1.165, 1.54) is 6.07 Å². The predicted octanol–water partition coefficient (Wildman–Crippen LogP) is 7.75. The van der Waals surface area contributed by atoms with Gasteiger partial charge in [-0.2, -0.15) is 5.10 Å². The minimum Gasteiger partial charge on any atom is -0.490 e. The van der Waals surface area contributed by atoms with Crippen molar-refractivity contribution >= 4 is 11.6 Å². The number of fused-ring (bicyclic) bond motifs is 2. The molecule has 6 rings (SSSR count). The zero-order chi connectivity index (χ0) is 30.5. The number of carboxylic acid groups (broad SMARTS) is 1. The lowest BCUT2D eigenvalue weighted by Crippen LogP contribution is -2.29. The fourth-order valence-electron chi connectivity index (χ4n) is 5.83. The van der Waals surface area contributed by atoms with Gasteiger partial charge < -0.3 is 14.6 Å². The van der Waals surface area contributed by atoms with Crippen molar-refractivity contribution in [1.82, 2.24) is 14.6 Å². The largest absolute Gasteiger partial charge is 0.490 e. The summed E-state index contributed by atoms with van der Waals surface area (Å²) in [6.45, 7) is 9.54. The van der Waals surface area contributed by atoms with Crippen LogP contribution >= 0.6 is 0 Å². The summed E-state index contributed by atoms with van der Waals surface area (Å²) in [6, 6.07) is 21.4. The number of halogens is 1. The summed E-state index contributed by atoms with van der Waals surface area (Å²) in [7, 11) is 0. The van der Waals surface area contributed by atoms with Crippen LogP contribution in [0.15, 0.2) is 66.7 Å². The van der Waals surface area contributed by atoms with Gasteiger partial charge in [0.25, 0.3) is 0 Å². The molecule has 220 valence electrons. The van der Waals surface area contributed by atoms with Gasteiger partial charge in [0.1, 0.15) is 0 Å². The van der Waals surface area contributed by atoms with E-state index in [1.54, 1.807) is 32.2 Å². The van der Waals surface area contributed by atoms with E-state index in [2.05, 4.69) is 18.2 Å². The van der Waals surface area contributed by atoms with Crippen molar-refractivity contribution in [2.45, 2.75) is 59.2 Å². The van der Waals surface area contributed by atoms with Crippen molar-refractivity contribution in [2.24, 2.45) is 0 Å². The van der Waals surface area contributed by atoms with Crippen LogP contribution in [0.25, 0.3) is 39.3 Å². The van der Waals surface area contributed by atoms with Crippen LogP contribution in [0.5, 0.6) is 5.75 Å². The highest BCUT2D eigenvalue weighted by Gasteiger charge is 2.34. The van der Waals surface area contributed by atoms with Crippen LogP contribution in [0, 0.1) is 19.7 Å². The summed E-state index contributed by atoms with van der Waals surface area (Å²) >= 11 is 0. The molecule has 0 saturated carbocycles. The molecule has 8 heteroatoms. The molecule has 1 aliphatic rings. The number of carbonyl (C=O) groups is 1. The molecule has 0 spiro atoms. The molecule has 1 N–H and O–H groups in total. The third-order valence-corrected chi connectivity index (χ3v) is 7.74. The van der Waals surface area contributed by atoms with Crippen molar-refractivity contribution in [3.05, 3.63) is 94.9 Å². The predicted molar refractivity (Wildman–Crippen MR) is 164 cm³/mol. The number of nitrogens with zero attached hydrogens (tertiary/aromatic N) is 3. The van der Waals surface area contributed by atoms with Gasteiger partial charge in [-0.3, -0.25) is 0 Å². The Morgan fingerprint density at radius 2 is 1.74 bits per heavy atom. The van der Waals surface area contributed by atoms with Crippen molar-refractivity contribution in [2.75, 3.05) is 6.61 Å². The smallest absolute Gasteiger partial charge is 0.337 e. The number of aryl methyl sites for hydroxylation is 1. The number of aliphatic carboxylic acids is 1. The maximum Gasteiger partial charge on any atom is 0.337 e. The quantitative estimate of drug-likeness (QED) is 0.221. The fourth-order valence-corrected chi connectivity index (χ4v) is 5.83. The highest BCUT2D eigenvalue weighted by Crippen LogP contribution is 2.42. The Morgan fingerprint density at radius 3 is 2.47 bits per heavy atom. The molecule has 43 heavy (non-hydrogen) atoms. The molecule has 7 nitrogen and oxygen atoms in total. The minimum absolute atomic E-state index is 0.260. The number of hydrogen-bond donors (Lipinski definition) is 1. The number of hydrogen-bond acceptors (Lipinski definition) is 5. The lowest BCUT2D eigenvalue weighted by Gasteiger charge is -2.28. The zero-order valence-corrected chi connectivity index (χ0v) is 24.9. The molecule has 0 fully saturated rings. The van der Waals surface area contributed by atoms with E-state index < -0.39 is 23.5 Å². The van der Waals surface area contributed by atoms with E-state index in [4.69, 9.17) is 19.6 Å². The monoisotopic (exact) mass is 579 g/mol. The third-order valence-electron chi connectivity index (χ3n) is 7.74. The van der Waals surface area contributed by atoms with Gasteiger partial charge in [0.05, 0.1) is 23.6 Å². The molecule has 3 heterocycles. The second-order valence-electron chi connectivity index (χ2n) is 11.9. The standard InChI is InChI=1S/C35H34FN3O4/c1-20-25-15-10-16-42-32(25)27(36)18-26(20)31-30(33(34(40)41)43-35(3,4)5)21(2)37-29-19-28(38-39(29)31)24-14-9-13-23(17-24)22-11-7-6-8-12-22/h6-9,11-14,17-19,33H,10,15-16H2,1-5H3,(H,40,41)/t33-/m0/s1. The van der Waals surface area contributed by atoms with Crippen molar-refractivity contribution < 1.29 is 23.8 Å². The van der Waals surface area contributed by atoms with Crippen LogP contribution in [-0.2, 0) is 16.0 Å². The summed E-state index contributed by atoms with van der Waals surface area (Å²) in [5, 5.41) is 15.4. The van der Waals surface area contributed by atoms with Crippen molar-refractivity contribution in [3.8, 4) is 39.4 Å². The molecule has 2 aromatic heterocycles. The highest BCUT2D eigenvalue weighted by molar-refractivity contribution is 5.83. The Kier molecular flexibility index (Phi) is 7.26. The molecule has 0 saturated heterocycles. The van der Waals surface area contributed by atoms with Crippen molar-refractivity contribution in [1.29, 1.82) is 0 Å². The van der Waals surface area contributed by atoms with E-state index in [0.29, 0.717) is 46.9 Å². The maximum absolute atomic E-state index is 15.6. The lowest BCUT2D eigenvalue weighted by molar-refractivity contribution is -0.160. The molecular formula is C35H34FN3O4. The van der Waals surface area contributed by atoms with E-state index in [0.717, 1.165) is 34.2 Å². The molecule has 0 amide bonds. The van der Waals surface area contributed by atoms with Gasteiger partial charge in [0.2, 0.25) is 0 Å². The molecule has 0 aliphatic carbocycles. The molecule has 1 atom stereocenters. The molecule has 0 unspecified atom stereocenters. The van der Waals surface area contributed by atoms with Crippen LogP contribution < -0.4 is 4.74 Å². The molecule has 1 aliphatic heterocycles. The topological polar surface area (TPSA) is 86.0 Å². The van der Waals surface area contributed by atoms with Gasteiger partial charge >= 0.3 is 5.97 Å². The summed E-state index contributed by atoms with van der Waals surface area (Å²) in [4.78, 5) is 17.6. The number of aromatic nitrogens is 3. The van der Waals surface area contributed by atoms with Gasteiger partial charge in [0.15, 0.2) is 23.3 Å². The van der Waals surface area contributed by atoms with Gasteiger partial charge in [-0.05, 0) is 76.3 Å². The molecule has 0 bridgehead atoms. The Labute approximate surface area is 249 Å². The van der Waals surface area contributed by atoms with E-state index in [9.17, 15) is 9.90 Å². The van der Waals surface area contributed by atoms with Crippen LogP contribution in [0.3, 0.4) is 0 Å². The fraction of sp³-hybridized carbons (Fsp3) is 0.286. The molecule has 0 radical (unpaired) electrons. The Bertz CT molecular complexity index is 1860. The molecule has 5 aromatic rings.